The smallest absolute Gasteiger partial charge is 0.426 e. The molecule has 2 aromatic rings. The molecule has 0 radical (unpaired) electrons. The summed E-state index contributed by atoms with van der Waals surface area (Å²) in [6.45, 7) is 9.79. The van der Waals surface area contributed by atoms with Crippen molar-refractivity contribution in [2.45, 2.75) is 70.3 Å². The van der Waals surface area contributed by atoms with E-state index in [1.807, 2.05) is 27.7 Å². The highest BCUT2D eigenvalue weighted by Gasteiger charge is 2.35. The van der Waals surface area contributed by atoms with Gasteiger partial charge in [-0.3, -0.25) is 0 Å². The molecule has 154 valence electrons. The van der Waals surface area contributed by atoms with Crippen LogP contribution in [0.1, 0.15) is 64.2 Å². The first-order chi connectivity index (χ1) is 13.1. The molecule has 0 fully saturated rings. The third-order valence-corrected chi connectivity index (χ3v) is 5.65. The molecule has 0 unspecified atom stereocenters. The Morgan fingerprint density at radius 2 is 1.68 bits per heavy atom. The molecule has 2 nitrogen and oxygen atoms in total. The van der Waals surface area contributed by atoms with E-state index in [-0.39, 0.29) is 22.5 Å². The van der Waals surface area contributed by atoms with E-state index in [0.717, 1.165) is 23.5 Å². The van der Waals surface area contributed by atoms with Gasteiger partial charge in [-0.25, -0.2) is 0 Å². The van der Waals surface area contributed by atoms with Crippen molar-refractivity contribution in [1.82, 2.24) is 0 Å². The molecule has 0 aliphatic carbocycles. The molecule has 2 aromatic carbocycles. The lowest BCUT2D eigenvalue weighted by Crippen LogP contribution is -2.22. The maximum absolute atomic E-state index is 14.8. The van der Waals surface area contributed by atoms with Crippen molar-refractivity contribution in [3.8, 4) is 11.5 Å². The first-order valence-electron chi connectivity index (χ1n) is 9.75. The van der Waals surface area contributed by atoms with Gasteiger partial charge in [-0.2, -0.15) is 8.78 Å². The van der Waals surface area contributed by atoms with Gasteiger partial charge in [0.05, 0.1) is 5.56 Å². The summed E-state index contributed by atoms with van der Waals surface area (Å²) >= 11 is 1.67. The highest BCUT2D eigenvalue weighted by atomic mass is 32.2. The van der Waals surface area contributed by atoms with Gasteiger partial charge in [0.15, 0.2) is 0 Å². The van der Waals surface area contributed by atoms with Crippen LogP contribution >= 0.6 is 11.8 Å². The van der Waals surface area contributed by atoms with Crippen molar-refractivity contribution in [1.29, 1.82) is 0 Å². The summed E-state index contributed by atoms with van der Waals surface area (Å²) in [5, 5.41) is 10.4. The van der Waals surface area contributed by atoms with Crippen molar-refractivity contribution >= 4 is 11.8 Å². The molecule has 0 bridgehead atoms. The molecule has 0 spiro atoms. The number of phenols is 1. The van der Waals surface area contributed by atoms with E-state index in [2.05, 4.69) is 6.92 Å². The Hall–Kier alpha value is -1.75. The minimum absolute atomic E-state index is 0.0611. The van der Waals surface area contributed by atoms with E-state index >= 15 is 0 Å². The van der Waals surface area contributed by atoms with Crippen LogP contribution in [0, 0.1) is 0 Å². The normalized spacial score (nSPS) is 12.2. The molecule has 0 atom stereocenters. The third-order valence-electron chi connectivity index (χ3n) is 4.55. The van der Waals surface area contributed by atoms with E-state index in [1.54, 1.807) is 23.9 Å². The van der Waals surface area contributed by atoms with Crippen molar-refractivity contribution in [2.75, 3.05) is 5.75 Å². The van der Waals surface area contributed by atoms with Crippen LogP contribution in [-0.4, -0.2) is 10.9 Å². The molecule has 0 amide bonds. The Bertz CT molecular complexity index is 780. The average Bonchev–Trinajstić information content (AvgIpc) is 2.62. The summed E-state index contributed by atoms with van der Waals surface area (Å²) < 4.78 is 34.6. The molecule has 0 aliphatic rings. The van der Waals surface area contributed by atoms with Gasteiger partial charge in [0.25, 0.3) is 0 Å². The summed E-state index contributed by atoms with van der Waals surface area (Å²) in [6, 6.07) is 9.26. The van der Waals surface area contributed by atoms with Crippen LogP contribution in [0.2, 0.25) is 0 Å². The quantitative estimate of drug-likeness (QED) is 0.368. The van der Waals surface area contributed by atoms with Gasteiger partial charge in [-0.15, -0.1) is 11.8 Å². The van der Waals surface area contributed by atoms with Crippen LogP contribution in [0.25, 0.3) is 0 Å². The number of halogens is 2. The van der Waals surface area contributed by atoms with E-state index in [9.17, 15) is 13.9 Å². The summed E-state index contributed by atoms with van der Waals surface area (Å²) in [4.78, 5) is 0.973. The number of phenolic OH excluding ortho intramolecular Hbond substituents is 1. The van der Waals surface area contributed by atoms with Crippen molar-refractivity contribution in [3.05, 3.63) is 53.1 Å². The molecule has 0 aromatic heterocycles. The van der Waals surface area contributed by atoms with Crippen molar-refractivity contribution < 1.29 is 18.6 Å². The zero-order valence-electron chi connectivity index (χ0n) is 17.3. The van der Waals surface area contributed by atoms with Gasteiger partial charge >= 0.3 is 6.11 Å². The lowest BCUT2D eigenvalue weighted by Gasteiger charge is -2.25. The minimum atomic E-state index is -3.45. The number of benzene rings is 2. The summed E-state index contributed by atoms with van der Waals surface area (Å²) in [5.74, 6) is 1.19. The molecule has 28 heavy (non-hydrogen) atoms. The summed E-state index contributed by atoms with van der Waals surface area (Å²) in [6.07, 6.45) is -0.715. The fraction of sp³-hybridized carbons (Fsp3) is 0.478. The number of unbranched alkanes of at least 4 members (excludes halogenated alkanes) is 1. The Kier molecular flexibility index (Phi) is 7.38. The highest BCUT2D eigenvalue weighted by Crippen LogP contribution is 2.40. The van der Waals surface area contributed by atoms with Crippen LogP contribution < -0.4 is 4.74 Å². The number of ether oxygens (including phenoxy) is 1. The average molecular weight is 409 g/mol. The largest absolute Gasteiger partial charge is 0.507 e. The summed E-state index contributed by atoms with van der Waals surface area (Å²) in [7, 11) is 0. The molecule has 0 saturated carbocycles. The Balaban J connectivity index is 2.26. The van der Waals surface area contributed by atoms with Crippen LogP contribution in [0.15, 0.2) is 41.3 Å². The number of aromatic hydroxyl groups is 1. The Morgan fingerprint density at radius 1 is 1.04 bits per heavy atom. The van der Waals surface area contributed by atoms with Gasteiger partial charge in [0, 0.05) is 10.5 Å². The first kappa shape index (κ1) is 22.5. The van der Waals surface area contributed by atoms with Gasteiger partial charge < -0.3 is 9.84 Å². The number of thioether (sulfide) groups is 1. The molecule has 0 saturated heterocycles. The van der Waals surface area contributed by atoms with Gasteiger partial charge in [-0.1, -0.05) is 41.0 Å². The van der Waals surface area contributed by atoms with Gasteiger partial charge in [-0.05, 0) is 66.0 Å². The monoisotopic (exact) mass is 408 g/mol. The van der Waals surface area contributed by atoms with Crippen LogP contribution in [0.4, 0.5) is 8.78 Å². The predicted molar refractivity (Wildman–Crippen MR) is 113 cm³/mol. The maximum Gasteiger partial charge on any atom is 0.426 e. The Labute approximate surface area is 171 Å². The standard InChI is InChI=1S/C23H30F2O2S/c1-6-8-13-28-19-11-9-17(10-12-19)23(24,25)27-18-14-16(7-2)21(26)20(15-18)22(3,4)5/h9-12,14-15,26H,6-8,13H2,1-5H3. The van der Waals surface area contributed by atoms with E-state index in [4.69, 9.17) is 4.74 Å². The number of alkyl halides is 2. The van der Waals surface area contributed by atoms with Crippen molar-refractivity contribution in [3.63, 3.8) is 0 Å². The highest BCUT2D eigenvalue weighted by molar-refractivity contribution is 7.99. The fourth-order valence-electron chi connectivity index (χ4n) is 2.85. The second-order valence-corrected chi connectivity index (χ2v) is 9.10. The topological polar surface area (TPSA) is 29.5 Å². The van der Waals surface area contributed by atoms with Crippen LogP contribution in [0.3, 0.4) is 0 Å². The van der Waals surface area contributed by atoms with E-state index in [1.165, 1.54) is 24.3 Å². The zero-order valence-corrected chi connectivity index (χ0v) is 18.1. The second kappa shape index (κ2) is 9.17. The van der Waals surface area contributed by atoms with Gasteiger partial charge in [0.1, 0.15) is 11.5 Å². The van der Waals surface area contributed by atoms with Gasteiger partial charge in [0.2, 0.25) is 0 Å². The van der Waals surface area contributed by atoms with Crippen molar-refractivity contribution in [2.24, 2.45) is 0 Å². The number of hydrogen-bond donors (Lipinski definition) is 1. The molecule has 2 rings (SSSR count). The second-order valence-electron chi connectivity index (χ2n) is 7.93. The number of aryl methyl sites for hydroxylation is 1. The fourth-order valence-corrected chi connectivity index (χ4v) is 3.85. The molecular formula is C23H30F2O2S. The Morgan fingerprint density at radius 3 is 2.21 bits per heavy atom. The minimum Gasteiger partial charge on any atom is -0.507 e. The molecule has 5 heteroatoms. The lowest BCUT2D eigenvalue weighted by molar-refractivity contribution is -0.185. The molecular weight excluding hydrogens is 378 g/mol. The number of hydrogen-bond acceptors (Lipinski definition) is 3. The zero-order chi connectivity index (χ0) is 20.9. The van der Waals surface area contributed by atoms with Crippen LogP contribution in [0.5, 0.6) is 11.5 Å². The van der Waals surface area contributed by atoms with E-state index in [0.29, 0.717) is 17.5 Å². The third kappa shape index (κ3) is 5.63. The van der Waals surface area contributed by atoms with Crippen LogP contribution in [-0.2, 0) is 17.9 Å². The molecule has 0 aliphatic heterocycles. The summed E-state index contributed by atoms with van der Waals surface area (Å²) in [5.41, 5.74) is 0.622. The van der Waals surface area contributed by atoms with E-state index < -0.39 is 6.11 Å². The molecule has 0 heterocycles. The SMILES string of the molecule is CCCCSc1ccc(C(F)(F)Oc2cc(CC)c(O)c(C(C)(C)C)c2)cc1. The number of rotatable bonds is 8. The lowest BCUT2D eigenvalue weighted by atomic mass is 9.84. The first-order valence-corrected chi connectivity index (χ1v) is 10.7. The molecule has 1 N–H and O–H groups in total. The predicted octanol–water partition coefficient (Wildman–Crippen LogP) is 7.27. The maximum atomic E-state index is 14.8.